The number of hydrogen-bond acceptors (Lipinski definition) is 5. The highest BCUT2D eigenvalue weighted by Crippen LogP contribution is 2.34. The zero-order valence-corrected chi connectivity index (χ0v) is 16.3. The Morgan fingerprint density at radius 2 is 2.00 bits per heavy atom. The Labute approximate surface area is 168 Å². The molecular formula is C17H17ClF4N4O3. The molecule has 1 atom stereocenters. The van der Waals surface area contributed by atoms with Crippen molar-refractivity contribution in [3.05, 3.63) is 40.3 Å². The van der Waals surface area contributed by atoms with Crippen LogP contribution < -0.4 is 10.2 Å². The lowest BCUT2D eigenvalue weighted by Gasteiger charge is -2.26. The van der Waals surface area contributed by atoms with E-state index in [4.69, 9.17) is 16.4 Å². The van der Waals surface area contributed by atoms with Crippen molar-refractivity contribution in [2.45, 2.75) is 25.7 Å². The summed E-state index contributed by atoms with van der Waals surface area (Å²) in [5.41, 5.74) is -1.79. The molecule has 1 N–H and O–H groups in total. The number of allylic oxidation sites excluding steroid dienone is 1. The summed E-state index contributed by atoms with van der Waals surface area (Å²) in [6, 6.07) is 0.486. The van der Waals surface area contributed by atoms with Crippen molar-refractivity contribution < 1.29 is 32.0 Å². The fourth-order valence-electron chi connectivity index (χ4n) is 2.37. The molecule has 0 bridgehead atoms. The van der Waals surface area contributed by atoms with E-state index in [0.717, 1.165) is 25.4 Å². The molecule has 1 heterocycles. The van der Waals surface area contributed by atoms with Crippen molar-refractivity contribution in [2.24, 2.45) is 5.16 Å². The molecule has 1 aliphatic heterocycles. The van der Waals surface area contributed by atoms with E-state index in [2.05, 4.69) is 10.5 Å². The minimum atomic E-state index is -4.86. The van der Waals surface area contributed by atoms with Gasteiger partial charge < -0.3 is 4.84 Å². The second-order valence-electron chi connectivity index (χ2n) is 5.96. The number of urea groups is 1. The Bertz CT molecular complexity index is 873. The Morgan fingerprint density at radius 1 is 1.34 bits per heavy atom. The minimum Gasteiger partial charge on any atom is -0.377 e. The molecule has 2 rings (SSSR count). The van der Waals surface area contributed by atoms with Crippen molar-refractivity contribution in [1.29, 1.82) is 0 Å². The number of alkyl halides is 3. The lowest BCUT2D eigenvalue weighted by atomic mass is 10.2. The average Bonchev–Trinajstić information content (AvgIpc) is 2.73. The number of hydrogen-bond donors (Lipinski definition) is 1. The molecule has 29 heavy (non-hydrogen) atoms. The Balaban J connectivity index is 2.44. The summed E-state index contributed by atoms with van der Waals surface area (Å²) in [6.45, 7) is 1.66. The fraction of sp³-hybridized carbons (Fsp3) is 0.353. The third-order valence-corrected chi connectivity index (χ3v) is 4.30. The van der Waals surface area contributed by atoms with Gasteiger partial charge in [0.05, 0.1) is 16.9 Å². The number of anilines is 1. The number of benzene rings is 1. The number of oxime groups is 1. The molecule has 3 amide bonds. The van der Waals surface area contributed by atoms with Crippen LogP contribution in [-0.2, 0) is 9.63 Å². The summed E-state index contributed by atoms with van der Waals surface area (Å²) in [7, 11) is 2.47. The van der Waals surface area contributed by atoms with Gasteiger partial charge in [0.2, 0.25) is 5.91 Å². The van der Waals surface area contributed by atoms with Crippen molar-refractivity contribution >= 4 is 35.4 Å². The molecule has 0 aliphatic carbocycles. The summed E-state index contributed by atoms with van der Waals surface area (Å²) in [6.07, 6.45) is -4.37. The minimum absolute atomic E-state index is 0.0860. The smallest absolute Gasteiger partial charge is 0.377 e. The van der Waals surface area contributed by atoms with Gasteiger partial charge in [0, 0.05) is 19.0 Å². The molecule has 1 aromatic rings. The van der Waals surface area contributed by atoms with Gasteiger partial charge >= 0.3 is 12.2 Å². The summed E-state index contributed by atoms with van der Waals surface area (Å²) >= 11 is 5.95. The lowest BCUT2D eigenvalue weighted by Crippen LogP contribution is -2.45. The van der Waals surface area contributed by atoms with E-state index in [0.29, 0.717) is 11.0 Å². The third kappa shape index (κ3) is 5.04. The Hall–Kier alpha value is -2.66. The van der Waals surface area contributed by atoms with Crippen LogP contribution in [0.25, 0.3) is 0 Å². The molecule has 1 aromatic carbocycles. The highest BCUT2D eigenvalue weighted by Gasteiger charge is 2.43. The van der Waals surface area contributed by atoms with Crippen molar-refractivity contribution in [3.8, 4) is 0 Å². The van der Waals surface area contributed by atoms with Crippen LogP contribution in [0.15, 0.2) is 29.1 Å². The normalized spacial score (nSPS) is 16.9. The highest BCUT2D eigenvalue weighted by molar-refractivity contribution is 6.33. The van der Waals surface area contributed by atoms with Gasteiger partial charge in [0.1, 0.15) is 11.5 Å². The van der Waals surface area contributed by atoms with Crippen molar-refractivity contribution in [3.63, 3.8) is 0 Å². The van der Waals surface area contributed by atoms with E-state index < -0.39 is 48.0 Å². The van der Waals surface area contributed by atoms with E-state index in [9.17, 15) is 27.2 Å². The molecule has 7 nitrogen and oxygen atoms in total. The van der Waals surface area contributed by atoms with Gasteiger partial charge in [-0.2, -0.15) is 13.2 Å². The molecule has 158 valence electrons. The van der Waals surface area contributed by atoms with Gasteiger partial charge in [0.25, 0.3) is 0 Å². The fourth-order valence-corrected chi connectivity index (χ4v) is 2.57. The summed E-state index contributed by atoms with van der Waals surface area (Å²) in [5, 5.41) is 6.30. The topological polar surface area (TPSA) is 74.2 Å². The van der Waals surface area contributed by atoms with E-state index in [-0.39, 0.29) is 15.5 Å². The SMILES string of the molecule is CNC(C)O/N=C/c1cc(N2C(=O)CC=C(C(F)(F)F)N(C)C2=O)c(F)cc1Cl. The number of imide groups is 1. The first-order chi connectivity index (χ1) is 13.5. The van der Waals surface area contributed by atoms with Crippen LogP contribution in [0.3, 0.4) is 0 Å². The number of rotatable bonds is 5. The van der Waals surface area contributed by atoms with Crippen LogP contribution >= 0.6 is 11.6 Å². The van der Waals surface area contributed by atoms with Crippen LogP contribution in [0, 0.1) is 5.82 Å². The molecule has 0 radical (unpaired) electrons. The number of carbonyl (C=O) groups is 2. The van der Waals surface area contributed by atoms with E-state index >= 15 is 0 Å². The van der Waals surface area contributed by atoms with Gasteiger partial charge in [0.15, 0.2) is 6.23 Å². The van der Waals surface area contributed by atoms with Crippen LogP contribution in [0.4, 0.5) is 28.0 Å². The van der Waals surface area contributed by atoms with Crippen molar-refractivity contribution in [1.82, 2.24) is 10.2 Å². The highest BCUT2D eigenvalue weighted by atomic mass is 35.5. The molecular weight excluding hydrogens is 420 g/mol. The van der Waals surface area contributed by atoms with Crippen LogP contribution in [0.1, 0.15) is 18.9 Å². The first-order valence-electron chi connectivity index (χ1n) is 8.20. The summed E-state index contributed by atoms with van der Waals surface area (Å²) in [5.74, 6) is -2.10. The van der Waals surface area contributed by atoms with Gasteiger partial charge in [-0.15, -0.1) is 0 Å². The number of nitrogens with one attached hydrogen (secondary N) is 1. The quantitative estimate of drug-likeness (QED) is 0.331. The Kier molecular flexibility index (Phi) is 6.85. The second-order valence-corrected chi connectivity index (χ2v) is 6.37. The maximum absolute atomic E-state index is 14.5. The number of halogens is 5. The third-order valence-electron chi connectivity index (χ3n) is 3.97. The summed E-state index contributed by atoms with van der Waals surface area (Å²) < 4.78 is 53.8. The molecule has 0 saturated heterocycles. The van der Waals surface area contributed by atoms with Crippen LogP contribution in [0.2, 0.25) is 5.02 Å². The van der Waals surface area contributed by atoms with Crippen LogP contribution in [0.5, 0.6) is 0 Å². The molecule has 0 aromatic heterocycles. The average molecular weight is 437 g/mol. The monoisotopic (exact) mass is 436 g/mol. The van der Waals surface area contributed by atoms with E-state index in [1.54, 1.807) is 14.0 Å². The Morgan fingerprint density at radius 3 is 2.59 bits per heavy atom. The zero-order valence-electron chi connectivity index (χ0n) is 15.6. The maximum atomic E-state index is 14.5. The molecule has 0 fully saturated rings. The van der Waals surface area contributed by atoms with E-state index in [1.807, 2.05) is 0 Å². The van der Waals surface area contributed by atoms with Gasteiger partial charge in [-0.05, 0) is 32.2 Å². The number of nitrogens with zero attached hydrogens (tertiary/aromatic N) is 3. The van der Waals surface area contributed by atoms with Gasteiger partial charge in [-0.1, -0.05) is 16.8 Å². The van der Waals surface area contributed by atoms with E-state index in [1.165, 1.54) is 0 Å². The standard InChI is InChI=1S/C17H17ClF4N4O3/c1-9(23-2)29-24-8-10-6-13(12(19)7-11(10)18)26-15(27)5-4-14(17(20,21)22)25(3)16(26)28/h4,6-9,23H,5H2,1-3H3/b24-8+. The largest absolute Gasteiger partial charge is 0.431 e. The summed E-state index contributed by atoms with van der Waals surface area (Å²) in [4.78, 5) is 30.4. The zero-order chi connectivity index (χ0) is 21.9. The molecule has 12 heteroatoms. The maximum Gasteiger partial charge on any atom is 0.431 e. The first-order valence-corrected chi connectivity index (χ1v) is 8.58. The predicted molar refractivity (Wildman–Crippen MR) is 98.0 cm³/mol. The van der Waals surface area contributed by atoms with Gasteiger partial charge in [-0.3, -0.25) is 15.0 Å². The number of carbonyl (C=O) groups excluding carboxylic acids is 2. The molecule has 0 saturated carbocycles. The number of amides is 3. The first kappa shape index (κ1) is 22.6. The van der Waals surface area contributed by atoms with Crippen LogP contribution in [-0.4, -0.2) is 49.6 Å². The predicted octanol–water partition coefficient (Wildman–Crippen LogP) is 3.63. The molecule has 1 aliphatic rings. The van der Waals surface area contributed by atoms with Crippen molar-refractivity contribution in [2.75, 3.05) is 19.0 Å². The molecule has 0 spiro atoms. The molecule has 1 unspecified atom stereocenters. The lowest BCUT2D eigenvalue weighted by molar-refractivity contribution is -0.117. The van der Waals surface area contributed by atoms with Gasteiger partial charge in [-0.25, -0.2) is 14.1 Å². The second kappa shape index (κ2) is 8.78.